The maximum Gasteiger partial charge on any atom is 0.324 e. The monoisotopic (exact) mass is 328 g/mol. The smallest absolute Gasteiger partial charge is 0.324 e. The van der Waals surface area contributed by atoms with Crippen molar-refractivity contribution in [3.63, 3.8) is 0 Å². The van der Waals surface area contributed by atoms with Crippen LogP contribution in [0.4, 0.5) is 16.2 Å². The number of carbonyl (C=O) groups excluding carboxylic acids is 2. The molecule has 3 heterocycles. The van der Waals surface area contributed by atoms with Crippen molar-refractivity contribution in [2.75, 3.05) is 29.4 Å². The highest BCUT2D eigenvalue weighted by molar-refractivity contribution is 5.96. The Morgan fingerprint density at radius 3 is 2.29 bits per heavy atom. The van der Waals surface area contributed by atoms with Crippen molar-refractivity contribution in [3.05, 3.63) is 24.3 Å². The van der Waals surface area contributed by atoms with Crippen molar-refractivity contribution in [1.82, 2.24) is 4.90 Å². The second-order valence-electron chi connectivity index (χ2n) is 6.98. The first kappa shape index (κ1) is 15.4. The van der Waals surface area contributed by atoms with E-state index in [-0.39, 0.29) is 24.0 Å². The summed E-state index contributed by atoms with van der Waals surface area (Å²) < 4.78 is 0. The van der Waals surface area contributed by atoms with Gasteiger partial charge in [-0.2, -0.15) is 0 Å². The van der Waals surface area contributed by atoms with Crippen molar-refractivity contribution in [2.24, 2.45) is 5.73 Å². The Bertz CT molecular complexity index is 645. The summed E-state index contributed by atoms with van der Waals surface area (Å²) in [6, 6.07) is 8.02. The highest BCUT2D eigenvalue weighted by atomic mass is 16.2. The Morgan fingerprint density at radius 1 is 0.917 bits per heavy atom. The normalized spacial score (nSPS) is 27.6. The minimum atomic E-state index is 0.0527. The molecule has 3 saturated heterocycles. The number of hydrogen-bond acceptors (Lipinski definition) is 3. The van der Waals surface area contributed by atoms with E-state index in [0.29, 0.717) is 13.0 Å². The van der Waals surface area contributed by atoms with Crippen LogP contribution in [0.15, 0.2) is 24.3 Å². The van der Waals surface area contributed by atoms with Gasteiger partial charge in [-0.3, -0.25) is 9.69 Å². The first-order chi connectivity index (χ1) is 11.6. The van der Waals surface area contributed by atoms with Gasteiger partial charge in [-0.15, -0.1) is 0 Å². The van der Waals surface area contributed by atoms with Crippen molar-refractivity contribution in [3.8, 4) is 0 Å². The maximum atomic E-state index is 12.7. The lowest BCUT2D eigenvalue weighted by Crippen LogP contribution is -2.50. The summed E-state index contributed by atoms with van der Waals surface area (Å²) in [5.74, 6) is 0.189. The lowest BCUT2D eigenvalue weighted by molar-refractivity contribution is -0.119. The highest BCUT2D eigenvalue weighted by Gasteiger charge is 2.42. The summed E-state index contributed by atoms with van der Waals surface area (Å²) >= 11 is 0. The van der Waals surface area contributed by atoms with E-state index in [9.17, 15) is 9.59 Å². The van der Waals surface area contributed by atoms with Crippen LogP contribution in [0.1, 0.15) is 32.1 Å². The lowest BCUT2D eigenvalue weighted by Gasteiger charge is -2.32. The van der Waals surface area contributed by atoms with Crippen LogP contribution in [0.2, 0.25) is 0 Å². The Morgan fingerprint density at radius 2 is 1.62 bits per heavy atom. The van der Waals surface area contributed by atoms with Gasteiger partial charge in [-0.05, 0) is 49.9 Å². The van der Waals surface area contributed by atoms with E-state index in [4.69, 9.17) is 5.73 Å². The van der Waals surface area contributed by atoms with Gasteiger partial charge in [0.1, 0.15) is 0 Å². The van der Waals surface area contributed by atoms with Gasteiger partial charge >= 0.3 is 6.03 Å². The summed E-state index contributed by atoms with van der Waals surface area (Å²) in [5, 5.41) is 0. The topological polar surface area (TPSA) is 69.9 Å². The molecular formula is C18H24N4O2. The number of carbonyl (C=O) groups is 2. The second-order valence-corrected chi connectivity index (χ2v) is 6.98. The van der Waals surface area contributed by atoms with Crippen molar-refractivity contribution < 1.29 is 9.59 Å². The third kappa shape index (κ3) is 2.55. The molecule has 6 nitrogen and oxygen atoms in total. The van der Waals surface area contributed by atoms with Gasteiger partial charge in [0.05, 0.1) is 6.04 Å². The molecule has 2 N–H and O–H groups in total. The van der Waals surface area contributed by atoms with Gasteiger partial charge in [0.25, 0.3) is 0 Å². The molecule has 3 amide bonds. The second kappa shape index (κ2) is 6.09. The van der Waals surface area contributed by atoms with Crippen LogP contribution in [0.25, 0.3) is 0 Å². The lowest BCUT2D eigenvalue weighted by atomic mass is 9.99. The summed E-state index contributed by atoms with van der Waals surface area (Å²) in [7, 11) is 0. The molecular weight excluding hydrogens is 304 g/mol. The molecule has 0 radical (unpaired) electrons. The molecule has 24 heavy (non-hydrogen) atoms. The molecule has 6 heteroatoms. The largest absolute Gasteiger partial charge is 0.326 e. The Balaban J connectivity index is 1.53. The van der Waals surface area contributed by atoms with E-state index in [1.807, 2.05) is 39.0 Å². The summed E-state index contributed by atoms with van der Waals surface area (Å²) in [6.45, 7) is 2.24. The van der Waals surface area contributed by atoms with Crippen LogP contribution in [0, 0.1) is 0 Å². The van der Waals surface area contributed by atoms with Crippen molar-refractivity contribution in [2.45, 2.75) is 44.2 Å². The minimum absolute atomic E-state index is 0.0527. The van der Waals surface area contributed by atoms with E-state index in [1.165, 1.54) is 0 Å². The summed E-state index contributed by atoms with van der Waals surface area (Å²) in [6.07, 6.45) is 4.62. The van der Waals surface area contributed by atoms with Crippen LogP contribution in [0.3, 0.4) is 0 Å². The number of nitrogens with zero attached hydrogens (tertiary/aromatic N) is 3. The molecule has 3 aliphatic rings. The van der Waals surface area contributed by atoms with Crippen LogP contribution in [-0.2, 0) is 4.79 Å². The fourth-order valence-corrected chi connectivity index (χ4v) is 4.09. The molecule has 1 aromatic carbocycles. The average molecular weight is 328 g/mol. The molecule has 0 spiro atoms. The van der Waals surface area contributed by atoms with E-state index in [2.05, 4.69) is 0 Å². The van der Waals surface area contributed by atoms with Gasteiger partial charge in [0, 0.05) is 43.5 Å². The molecule has 0 aromatic heterocycles. The Labute approximate surface area is 142 Å². The Hall–Kier alpha value is -2.08. The number of nitrogens with two attached hydrogens (primary N) is 1. The van der Waals surface area contributed by atoms with Gasteiger partial charge in [0.15, 0.2) is 0 Å². The van der Waals surface area contributed by atoms with Crippen molar-refractivity contribution in [1.29, 1.82) is 0 Å². The molecule has 1 aromatic rings. The molecule has 0 bridgehead atoms. The van der Waals surface area contributed by atoms with Gasteiger partial charge in [-0.25, -0.2) is 4.79 Å². The Kier molecular flexibility index (Phi) is 3.92. The predicted molar refractivity (Wildman–Crippen MR) is 93.1 cm³/mol. The van der Waals surface area contributed by atoms with Gasteiger partial charge in [0.2, 0.25) is 5.91 Å². The summed E-state index contributed by atoms with van der Waals surface area (Å²) in [5.41, 5.74) is 8.00. The van der Waals surface area contributed by atoms with Crippen LogP contribution in [-0.4, -0.2) is 48.6 Å². The molecule has 4 rings (SSSR count). The average Bonchev–Trinajstić information content (AvgIpc) is 2.94. The van der Waals surface area contributed by atoms with Gasteiger partial charge in [-0.1, -0.05) is 0 Å². The third-order valence-electron chi connectivity index (χ3n) is 5.47. The fourth-order valence-electron chi connectivity index (χ4n) is 4.09. The zero-order valence-electron chi connectivity index (χ0n) is 13.9. The van der Waals surface area contributed by atoms with E-state index >= 15 is 0 Å². The number of amides is 3. The highest BCUT2D eigenvalue weighted by Crippen LogP contribution is 2.31. The fraction of sp³-hybridized carbons (Fsp3) is 0.556. The number of anilines is 2. The number of benzene rings is 1. The zero-order valence-corrected chi connectivity index (χ0v) is 13.9. The summed E-state index contributed by atoms with van der Waals surface area (Å²) in [4.78, 5) is 30.3. The predicted octanol–water partition coefficient (Wildman–Crippen LogP) is 1.94. The standard InChI is InChI=1S/C18H24N4O2/c19-15-4-3-11-21-16(15)12-22(18(21)24)14-8-6-13(7-9-14)20-10-2-1-5-17(20)23/h6-9,15-16H,1-5,10-12,19H2/t15-,16-/m1/s1. The number of urea groups is 1. The quantitative estimate of drug-likeness (QED) is 0.902. The molecule has 128 valence electrons. The molecule has 0 unspecified atom stereocenters. The molecule has 0 saturated carbocycles. The van der Waals surface area contributed by atoms with Crippen LogP contribution < -0.4 is 15.5 Å². The molecule has 3 aliphatic heterocycles. The first-order valence-corrected chi connectivity index (χ1v) is 8.89. The first-order valence-electron chi connectivity index (χ1n) is 8.89. The number of fused-ring (bicyclic) bond motifs is 1. The van der Waals surface area contributed by atoms with Crippen LogP contribution >= 0.6 is 0 Å². The zero-order chi connectivity index (χ0) is 16.7. The van der Waals surface area contributed by atoms with E-state index in [1.54, 1.807) is 0 Å². The molecule has 0 aliphatic carbocycles. The van der Waals surface area contributed by atoms with Gasteiger partial charge < -0.3 is 15.5 Å². The van der Waals surface area contributed by atoms with Crippen LogP contribution in [0.5, 0.6) is 0 Å². The number of rotatable bonds is 2. The third-order valence-corrected chi connectivity index (χ3v) is 5.47. The SMILES string of the molecule is N[C@@H]1CCCN2C(=O)N(c3ccc(N4CCCCC4=O)cc3)C[C@H]12. The minimum Gasteiger partial charge on any atom is -0.326 e. The number of hydrogen-bond donors (Lipinski definition) is 1. The molecule has 3 fully saturated rings. The van der Waals surface area contributed by atoms with E-state index in [0.717, 1.165) is 50.1 Å². The molecule has 2 atom stereocenters. The van der Waals surface area contributed by atoms with Crippen molar-refractivity contribution >= 4 is 23.3 Å². The maximum absolute atomic E-state index is 12.7. The van der Waals surface area contributed by atoms with E-state index < -0.39 is 0 Å². The number of piperidine rings is 2.